The van der Waals surface area contributed by atoms with Gasteiger partial charge in [-0.1, -0.05) is 0 Å². The molecule has 0 unspecified atom stereocenters. The van der Waals surface area contributed by atoms with E-state index in [2.05, 4.69) is 25.3 Å². The van der Waals surface area contributed by atoms with E-state index in [0.29, 0.717) is 36.4 Å². The Balaban J connectivity index is 1.43. The minimum atomic E-state index is -4.59. The van der Waals surface area contributed by atoms with Gasteiger partial charge in [-0.25, -0.2) is 15.0 Å². The maximum absolute atomic E-state index is 13.1. The van der Waals surface area contributed by atoms with E-state index in [0.717, 1.165) is 33.6 Å². The van der Waals surface area contributed by atoms with Crippen LogP contribution < -0.4 is 5.32 Å². The maximum Gasteiger partial charge on any atom is 0.433 e. The lowest BCUT2D eigenvalue weighted by Gasteiger charge is -2.35. The standard InChI is InChI=1S/C25H24F3N5O3S/c1-24(36,14-4-2-13(3-5-14)21(34)35)22-31-12-19(37-22)17-10-15(11-18-16(17)6-8-29-18)32-23-30-9-7-20(33-23)25(26,27)28/h6-14,29,36H,2-5H2,1H3,(H,34,35)(H,30,32,33)/t13?,14?,24-/m1/s1. The fourth-order valence-corrected chi connectivity index (χ4v) is 5.93. The quantitative estimate of drug-likeness (QED) is 0.243. The van der Waals surface area contributed by atoms with Crippen molar-refractivity contribution in [1.82, 2.24) is 19.9 Å². The fraction of sp³-hybridized carbons (Fsp3) is 0.360. The molecule has 0 spiro atoms. The van der Waals surface area contributed by atoms with Gasteiger partial charge in [0.25, 0.3) is 0 Å². The highest BCUT2D eigenvalue weighted by Crippen LogP contribution is 2.44. The highest BCUT2D eigenvalue weighted by Gasteiger charge is 2.40. The molecule has 12 heteroatoms. The number of fused-ring (bicyclic) bond motifs is 1. The van der Waals surface area contributed by atoms with Crippen LogP contribution in [0.15, 0.2) is 42.9 Å². The number of carboxylic acid groups (broad SMARTS) is 1. The molecule has 1 atom stereocenters. The van der Waals surface area contributed by atoms with Crippen LogP contribution in [0.25, 0.3) is 21.3 Å². The minimum Gasteiger partial charge on any atom is -0.481 e. The van der Waals surface area contributed by atoms with Crippen molar-refractivity contribution in [3.05, 3.63) is 53.6 Å². The molecule has 0 radical (unpaired) electrons. The van der Waals surface area contributed by atoms with Crippen LogP contribution in [0.5, 0.6) is 0 Å². The molecule has 1 saturated carbocycles. The molecule has 5 rings (SSSR count). The molecule has 1 aliphatic rings. The lowest BCUT2D eigenvalue weighted by Crippen LogP contribution is -2.35. The van der Waals surface area contributed by atoms with E-state index in [1.165, 1.54) is 11.3 Å². The molecule has 37 heavy (non-hydrogen) atoms. The molecule has 4 N–H and O–H groups in total. The third kappa shape index (κ3) is 5.03. The number of hydrogen-bond acceptors (Lipinski definition) is 7. The van der Waals surface area contributed by atoms with Crippen molar-refractivity contribution < 1.29 is 28.2 Å². The zero-order valence-electron chi connectivity index (χ0n) is 19.7. The summed E-state index contributed by atoms with van der Waals surface area (Å²) in [5.74, 6) is -1.47. The van der Waals surface area contributed by atoms with Gasteiger partial charge in [-0.15, -0.1) is 11.3 Å². The number of thiazole rings is 1. The van der Waals surface area contributed by atoms with Crippen LogP contribution in [0.2, 0.25) is 0 Å². The van der Waals surface area contributed by atoms with Gasteiger partial charge in [0.05, 0.1) is 10.8 Å². The second-order valence-electron chi connectivity index (χ2n) is 9.41. The van der Waals surface area contributed by atoms with Gasteiger partial charge in [-0.2, -0.15) is 13.2 Å². The molecular formula is C25H24F3N5O3S. The first-order valence-corrected chi connectivity index (χ1v) is 12.5. The summed E-state index contributed by atoms with van der Waals surface area (Å²) >= 11 is 1.33. The zero-order chi connectivity index (χ0) is 26.4. The number of halogens is 3. The minimum absolute atomic E-state index is 0.111. The Hall–Kier alpha value is -3.51. The van der Waals surface area contributed by atoms with E-state index >= 15 is 0 Å². The molecule has 4 aromatic rings. The second kappa shape index (κ2) is 9.42. The summed E-state index contributed by atoms with van der Waals surface area (Å²) in [6, 6.07) is 6.23. The first kappa shape index (κ1) is 25.2. The van der Waals surface area contributed by atoms with Crippen LogP contribution >= 0.6 is 11.3 Å². The lowest BCUT2D eigenvalue weighted by atomic mass is 9.74. The number of aromatic amines is 1. The molecule has 0 aliphatic heterocycles. The van der Waals surface area contributed by atoms with E-state index in [1.807, 2.05) is 6.07 Å². The van der Waals surface area contributed by atoms with Crippen LogP contribution in [0.1, 0.15) is 43.3 Å². The van der Waals surface area contributed by atoms with Crippen LogP contribution in [0, 0.1) is 11.8 Å². The van der Waals surface area contributed by atoms with Gasteiger partial charge in [0.2, 0.25) is 5.95 Å². The maximum atomic E-state index is 13.1. The van der Waals surface area contributed by atoms with Gasteiger partial charge < -0.3 is 20.5 Å². The topological polar surface area (TPSA) is 124 Å². The Morgan fingerprint density at radius 1 is 1.16 bits per heavy atom. The molecule has 1 fully saturated rings. The number of hydrogen-bond donors (Lipinski definition) is 4. The third-order valence-corrected chi connectivity index (χ3v) is 8.20. The first-order valence-electron chi connectivity index (χ1n) is 11.7. The van der Waals surface area contributed by atoms with E-state index < -0.39 is 23.4 Å². The van der Waals surface area contributed by atoms with Crippen molar-refractivity contribution in [3.8, 4) is 10.4 Å². The molecular weight excluding hydrogens is 507 g/mol. The summed E-state index contributed by atoms with van der Waals surface area (Å²) in [7, 11) is 0. The van der Waals surface area contributed by atoms with Gasteiger partial charge in [0.1, 0.15) is 16.3 Å². The van der Waals surface area contributed by atoms with Gasteiger partial charge in [0.15, 0.2) is 0 Å². The Morgan fingerprint density at radius 2 is 1.92 bits per heavy atom. The van der Waals surface area contributed by atoms with Gasteiger partial charge in [-0.3, -0.25) is 4.79 Å². The number of benzene rings is 1. The molecule has 0 bridgehead atoms. The van der Waals surface area contributed by atoms with Crippen molar-refractivity contribution in [2.45, 2.75) is 44.4 Å². The summed E-state index contributed by atoms with van der Waals surface area (Å²) in [5, 5.41) is 24.9. The highest BCUT2D eigenvalue weighted by atomic mass is 32.1. The van der Waals surface area contributed by atoms with Crippen LogP contribution in [-0.4, -0.2) is 36.1 Å². The van der Waals surface area contributed by atoms with E-state index in [-0.39, 0.29) is 17.8 Å². The smallest absolute Gasteiger partial charge is 0.433 e. The summed E-state index contributed by atoms with van der Waals surface area (Å²) in [6.45, 7) is 1.72. The van der Waals surface area contributed by atoms with Crippen LogP contribution in [-0.2, 0) is 16.6 Å². The van der Waals surface area contributed by atoms with Crippen molar-refractivity contribution in [2.75, 3.05) is 5.32 Å². The number of aliphatic carboxylic acids is 1. The summed E-state index contributed by atoms with van der Waals surface area (Å²) in [6.07, 6.45) is 2.12. The largest absolute Gasteiger partial charge is 0.481 e. The number of carboxylic acids is 1. The summed E-state index contributed by atoms with van der Waals surface area (Å²) in [4.78, 5) is 27.2. The number of aliphatic hydroxyl groups is 1. The van der Waals surface area contributed by atoms with Crippen molar-refractivity contribution in [3.63, 3.8) is 0 Å². The predicted molar refractivity (Wildman–Crippen MR) is 132 cm³/mol. The fourth-order valence-electron chi connectivity index (χ4n) is 4.86. The molecule has 3 aromatic heterocycles. The van der Waals surface area contributed by atoms with Gasteiger partial charge in [-0.05, 0) is 62.8 Å². The van der Waals surface area contributed by atoms with Gasteiger partial charge in [0, 0.05) is 40.7 Å². The highest BCUT2D eigenvalue weighted by molar-refractivity contribution is 7.15. The number of H-pyrrole nitrogens is 1. The molecule has 194 valence electrons. The monoisotopic (exact) mass is 531 g/mol. The number of anilines is 2. The average molecular weight is 532 g/mol. The number of nitrogens with one attached hydrogen (secondary N) is 2. The molecule has 8 nitrogen and oxygen atoms in total. The molecule has 0 amide bonds. The summed E-state index contributed by atoms with van der Waals surface area (Å²) < 4.78 is 39.2. The Labute approximate surface area is 213 Å². The average Bonchev–Trinajstić information content (AvgIpc) is 3.54. The van der Waals surface area contributed by atoms with Gasteiger partial charge >= 0.3 is 12.1 Å². The van der Waals surface area contributed by atoms with E-state index in [1.54, 1.807) is 31.5 Å². The third-order valence-electron chi connectivity index (χ3n) is 6.95. The Bertz CT molecular complexity index is 1440. The van der Waals surface area contributed by atoms with Crippen molar-refractivity contribution >= 4 is 39.8 Å². The van der Waals surface area contributed by atoms with Crippen molar-refractivity contribution in [2.24, 2.45) is 11.8 Å². The number of alkyl halides is 3. The molecule has 0 saturated heterocycles. The number of rotatable bonds is 6. The zero-order valence-corrected chi connectivity index (χ0v) is 20.5. The number of nitrogens with zero attached hydrogens (tertiary/aromatic N) is 3. The normalized spacial score (nSPS) is 20.0. The number of carbonyl (C=O) groups is 1. The molecule has 1 aliphatic carbocycles. The molecule has 1 aromatic carbocycles. The predicted octanol–water partition coefficient (Wildman–Crippen LogP) is 5.94. The SMILES string of the molecule is C[C@](O)(c1ncc(-c2cc(Nc3nccc(C(F)(F)F)n3)cc3[nH]ccc23)s1)C1CCC(C(=O)O)CC1. The Morgan fingerprint density at radius 3 is 2.62 bits per heavy atom. The second-order valence-corrected chi connectivity index (χ2v) is 10.4. The van der Waals surface area contributed by atoms with Crippen LogP contribution in [0.3, 0.4) is 0 Å². The van der Waals surface area contributed by atoms with E-state index in [9.17, 15) is 28.2 Å². The Kier molecular flexibility index (Phi) is 6.40. The summed E-state index contributed by atoms with van der Waals surface area (Å²) in [5.41, 5.74) is -0.246. The lowest BCUT2D eigenvalue weighted by molar-refractivity contribution is -0.144. The number of aromatic nitrogens is 4. The van der Waals surface area contributed by atoms with Crippen LogP contribution in [0.4, 0.5) is 24.8 Å². The first-order chi connectivity index (χ1) is 17.5. The molecule has 3 heterocycles. The van der Waals surface area contributed by atoms with Crippen molar-refractivity contribution in [1.29, 1.82) is 0 Å². The van der Waals surface area contributed by atoms with E-state index in [4.69, 9.17) is 0 Å².